The highest BCUT2D eigenvalue weighted by atomic mass is 16.3. The van der Waals surface area contributed by atoms with Crippen molar-refractivity contribution in [2.75, 3.05) is 0 Å². The van der Waals surface area contributed by atoms with Gasteiger partial charge in [-0.15, -0.1) is 0 Å². The van der Waals surface area contributed by atoms with Crippen LogP contribution in [-0.2, 0) is 0 Å². The summed E-state index contributed by atoms with van der Waals surface area (Å²) in [6, 6.07) is 0. The van der Waals surface area contributed by atoms with Gasteiger partial charge < -0.3 is 5.11 Å². The van der Waals surface area contributed by atoms with Gasteiger partial charge >= 0.3 is 0 Å². The summed E-state index contributed by atoms with van der Waals surface area (Å²) < 4.78 is 0. The SMILES string of the molecule is C/C=C\C(C)(O)CCC=C(C)C. The molecule has 0 aromatic heterocycles. The van der Waals surface area contributed by atoms with Crippen molar-refractivity contribution < 1.29 is 5.11 Å². The fourth-order valence-corrected chi connectivity index (χ4v) is 1.10. The van der Waals surface area contributed by atoms with E-state index >= 15 is 0 Å². The fraction of sp³-hybridized carbons (Fsp3) is 0.636. The van der Waals surface area contributed by atoms with Crippen LogP contribution in [-0.4, -0.2) is 10.7 Å². The Kier molecular flexibility index (Phi) is 4.91. The molecule has 1 nitrogen and oxygen atoms in total. The summed E-state index contributed by atoms with van der Waals surface area (Å²) in [5.74, 6) is 0. The van der Waals surface area contributed by atoms with Crippen LogP contribution in [0.15, 0.2) is 23.8 Å². The lowest BCUT2D eigenvalue weighted by molar-refractivity contribution is 0.103. The molecule has 0 saturated heterocycles. The first-order valence-corrected chi connectivity index (χ1v) is 4.47. The van der Waals surface area contributed by atoms with E-state index < -0.39 is 5.60 Å². The number of rotatable bonds is 4. The van der Waals surface area contributed by atoms with Gasteiger partial charge in [0.25, 0.3) is 0 Å². The van der Waals surface area contributed by atoms with E-state index in [0.29, 0.717) is 0 Å². The van der Waals surface area contributed by atoms with E-state index in [2.05, 4.69) is 19.9 Å². The van der Waals surface area contributed by atoms with Crippen LogP contribution in [0.2, 0.25) is 0 Å². The molecule has 0 radical (unpaired) electrons. The lowest BCUT2D eigenvalue weighted by Crippen LogP contribution is -2.19. The Bertz CT molecular complexity index is 171. The first-order valence-electron chi connectivity index (χ1n) is 4.47. The van der Waals surface area contributed by atoms with Crippen LogP contribution in [0.4, 0.5) is 0 Å². The van der Waals surface area contributed by atoms with Crippen molar-refractivity contribution in [1.29, 1.82) is 0 Å². The predicted molar refractivity (Wildman–Crippen MR) is 54.1 cm³/mol. The van der Waals surface area contributed by atoms with Gasteiger partial charge in [-0.25, -0.2) is 0 Å². The Labute approximate surface area is 75.8 Å². The first-order chi connectivity index (χ1) is 5.48. The second-order valence-corrected chi connectivity index (χ2v) is 3.68. The minimum absolute atomic E-state index is 0.638. The third-order valence-corrected chi connectivity index (χ3v) is 1.73. The summed E-state index contributed by atoms with van der Waals surface area (Å²) in [4.78, 5) is 0. The summed E-state index contributed by atoms with van der Waals surface area (Å²) in [7, 11) is 0. The molecule has 1 N–H and O–H groups in total. The molecule has 0 aliphatic rings. The average Bonchev–Trinajstić information content (AvgIpc) is 1.85. The van der Waals surface area contributed by atoms with E-state index in [9.17, 15) is 5.11 Å². The van der Waals surface area contributed by atoms with Gasteiger partial charge in [-0.1, -0.05) is 23.8 Å². The van der Waals surface area contributed by atoms with E-state index in [1.54, 1.807) is 0 Å². The smallest absolute Gasteiger partial charge is 0.0802 e. The number of hydrogen-bond donors (Lipinski definition) is 1. The summed E-state index contributed by atoms with van der Waals surface area (Å²) in [5, 5.41) is 9.71. The topological polar surface area (TPSA) is 20.2 Å². The zero-order valence-corrected chi connectivity index (χ0v) is 8.59. The first kappa shape index (κ1) is 11.4. The zero-order chi connectivity index (χ0) is 9.61. The van der Waals surface area contributed by atoms with Gasteiger partial charge in [0.15, 0.2) is 0 Å². The monoisotopic (exact) mass is 168 g/mol. The van der Waals surface area contributed by atoms with Crippen LogP contribution in [0.3, 0.4) is 0 Å². The molecule has 1 heteroatoms. The maximum atomic E-state index is 9.71. The Morgan fingerprint density at radius 2 is 2.00 bits per heavy atom. The third-order valence-electron chi connectivity index (χ3n) is 1.73. The molecule has 0 bridgehead atoms. The molecule has 1 atom stereocenters. The van der Waals surface area contributed by atoms with Crippen LogP contribution in [0.1, 0.15) is 40.5 Å². The van der Waals surface area contributed by atoms with Crippen LogP contribution < -0.4 is 0 Å². The highest BCUT2D eigenvalue weighted by Gasteiger charge is 2.13. The maximum absolute atomic E-state index is 9.71. The molecule has 0 saturated carbocycles. The average molecular weight is 168 g/mol. The summed E-state index contributed by atoms with van der Waals surface area (Å²) >= 11 is 0. The molecule has 0 heterocycles. The van der Waals surface area contributed by atoms with Crippen molar-refractivity contribution in [2.45, 2.75) is 46.1 Å². The second kappa shape index (κ2) is 5.15. The van der Waals surface area contributed by atoms with E-state index in [-0.39, 0.29) is 0 Å². The van der Waals surface area contributed by atoms with Crippen LogP contribution in [0, 0.1) is 0 Å². The van der Waals surface area contributed by atoms with Crippen LogP contribution in [0.5, 0.6) is 0 Å². The Morgan fingerprint density at radius 3 is 2.42 bits per heavy atom. The molecule has 70 valence electrons. The molecule has 0 fully saturated rings. The lowest BCUT2D eigenvalue weighted by Gasteiger charge is -2.17. The minimum atomic E-state index is -0.638. The van der Waals surface area contributed by atoms with Gasteiger partial charge in [-0.2, -0.15) is 0 Å². The Morgan fingerprint density at radius 1 is 1.42 bits per heavy atom. The van der Waals surface area contributed by atoms with E-state index in [4.69, 9.17) is 0 Å². The summed E-state index contributed by atoms with van der Waals surface area (Å²) in [6.45, 7) is 7.91. The molecule has 0 amide bonds. The molecule has 0 aliphatic carbocycles. The Balaban J connectivity index is 3.84. The molecule has 12 heavy (non-hydrogen) atoms. The number of allylic oxidation sites excluding steroid dienone is 3. The van der Waals surface area contributed by atoms with E-state index in [0.717, 1.165) is 12.8 Å². The van der Waals surface area contributed by atoms with Gasteiger partial charge in [0.2, 0.25) is 0 Å². The van der Waals surface area contributed by atoms with Gasteiger partial charge in [0.1, 0.15) is 0 Å². The van der Waals surface area contributed by atoms with Crippen molar-refractivity contribution in [3.63, 3.8) is 0 Å². The third kappa shape index (κ3) is 6.17. The largest absolute Gasteiger partial charge is 0.386 e. The predicted octanol–water partition coefficient (Wildman–Crippen LogP) is 3.06. The molecule has 0 aromatic carbocycles. The molecular formula is C11H20O. The zero-order valence-electron chi connectivity index (χ0n) is 8.59. The maximum Gasteiger partial charge on any atom is 0.0802 e. The van der Waals surface area contributed by atoms with Crippen LogP contribution in [0.25, 0.3) is 0 Å². The summed E-state index contributed by atoms with van der Waals surface area (Å²) in [5.41, 5.74) is 0.673. The molecule has 0 aromatic rings. The lowest BCUT2D eigenvalue weighted by atomic mass is 9.99. The second-order valence-electron chi connectivity index (χ2n) is 3.68. The molecule has 0 spiro atoms. The van der Waals surface area contributed by atoms with Gasteiger partial charge in [-0.3, -0.25) is 0 Å². The molecule has 0 aliphatic heterocycles. The van der Waals surface area contributed by atoms with Gasteiger partial charge in [0, 0.05) is 0 Å². The Hall–Kier alpha value is -0.560. The molecule has 0 rings (SSSR count). The summed E-state index contributed by atoms with van der Waals surface area (Å²) in [6.07, 6.45) is 7.62. The van der Waals surface area contributed by atoms with Gasteiger partial charge in [0.05, 0.1) is 5.60 Å². The number of hydrogen-bond acceptors (Lipinski definition) is 1. The standard InChI is InChI=1S/C11H20O/c1-5-8-11(4,12)9-6-7-10(2)3/h5,7-8,12H,6,9H2,1-4H3/b8-5-. The highest BCUT2D eigenvalue weighted by Crippen LogP contribution is 2.14. The fourth-order valence-electron chi connectivity index (χ4n) is 1.10. The minimum Gasteiger partial charge on any atom is -0.386 e. The van der Waals surface area contributed by atoms with Crippen molar-refractivity contribution in [3.05, 3.63) is 23.8 Å². The molecular weight excluding hydrogens is 148 g/mol. The van der Waals surface area contributed by atoms with Crippen molar-refractivity contribution in [2.24, 2.45) is 0 Å². The van der Waals surface area contributed by atoms with Crippen LogP contribution >= 0.6 is 0 Å². The molecule has 1 unspecified atom stereocenters. The normalized spacial score (nSPS) is 16.1. The van der Waals surface area contributed by atoms with Crippen molar-refractivity contribution in [3.8, 4) is 0 Å². The van der Waals surface area contributed by atoms with Gasteiger partial charge in [-0.05, 0) is 40.5 Å². The van der Waals surface area contributed by atoms with Crippen molar-refractivity contribution in [1.82, 2.24) is 0 Å². The van der Waals surface area contributed by atoms with E-state index in [1.807, 2.05) is 26.0 Å². The van der Waals surface area contributed by atoms with E-state index in [1.165, 1.54) is 5.57 Å². The quantitative estimate of drug-likeness (QED) is 0.640. The number of aliphatic hydroxyl groups is 1. The highest BCUT2D eigenvalue weighted by molar-refractivity contribution is 5.00. The van der Waals surface area contributed by atoms with Crippen molar-refractivity contribution >= 4 is 0 Å².